The molecule has 19 heavy (non-hydrogen) atoms. The zero-order chi connectivity index (χ0) is 13.4. The van der Waals surface area contributed by atoms with Crippen LogP contribution < -0.4 is 5.32 Å². The Morgan fingerprint density at radius 1 is 1.21 bits per heavy atom. The third kappa shape index (κ3) is 1.96. The van der Waals surface area contributed by atoms with Gasteiger partial charge in [-0.05, 0) is 31.9 Å². The van der Waals surface area contributed by atoms with E-state index in [0.29, 0.717) is 0 Å². The van der Waals surface area contributed by atoms with E-state index in [4.69, 9.17) is 0 Å². The summed E-state index contributed by atoms with van der Waals surface area (Å²) in [6, 6.07) is 9.23. The molecule has 2 fully saturated rings. The molecule has 0 bridgehead atoms. The summed E-state index contributed by atoms with van der Waals surface area (Å²) in [5, 5.41) is 3.19. The molecule has 0 aromatic heterocycles. The molecule has 2 amide bonds. The lowest BCUT2D eigenvalue weighted by Crippen LogP contribution is -2.44. The Kier molecular flexibility index (Phi) is 3.11. The van der Waals surface area contributed by atoms with Gasteiger partial charge in [0.1, 0.15) is 0 Å². The van der Waals surface area contributed by atoms with Crippen LogP contribution in [-0.4, -0.2) is 29.3 Å². The molecule has 3 unspecified atom stereocenters. The number of likely N-dealkylation sites (tertiary alicyclic amines) is 1. The number of nitrogens with zero attached hydrogens (tertiary/aromatic N) is 1. The fraction of sp³-hybridized carbons (Fsp3) is 0.467. The Morgan fingerprint density at radius 2 is 1.95 bits per heavy atom. The summed E-state index contributed by atoms with van der Waals surface area (Å²) in [6.07, 6.45) is 1.79. The fourth-order valence-electron chi connectivity index (χ4n) is 3.11. The first-order chi connectivity index (χ1) is 9.20. The number of carbonyl (C=O) groups excluding carboxylic acids is 2. The molecular formula is C15H18N2O2. The lowest BCUT2D eigenvalue weighted by molar-refractivity contribution is -0.142. The van der Waals surface area contributed by atoms with Crippen LogP contribution in [0.2, 0.25) is 0 Å². The highest BCUT2D eigenvalue weighted by Gasteiger charge is 2.49. The van der Waals surface area contributed by atoms with Crippen molar-refractivity contribution in [2.75, 3.05) is 6.54 Å². The summed E-state index contributed by atoms with van der Waals surface area (Å²) in [4.78, 5) is 26.3. The summed E-state index contributed by atoms with van der Waals surface area (Å²) in [5.74, 6) is -0.239. The summed E-state index contributed by atoms with van der Waals surface area (Å²) < 4.78 is 0. The van der Waals surface area contributed by atoms with E-state index in [9.17, 15) is 9.59 Å². The van der Waals surface area contributed by atoms with Crippen LogP contribution in [0.15, 0.2) is 30.3 Å². The lowest BCUT2D eigenvalue weighted by Gasteiger charge is -2.23. The molecule has 0 saturated carbocycles. The molecule has 0 aliphatic carbocycles. The van der Waals surface area contributed by atoms with E-state index in [1.807, 2.05) is 37.3 Å². The normalized spacial score (nSPS) is 28.4. The maximum atomic E-state index is 12.4. The number of fused-ring (bicyclic) bond motifs is 1. The van der Waals surface area contributed by atoms with E-state index in [-0.39, 0.29) is 29.8 Å². The highest BCUT2D eigenvalue weighted by atomic mass is 16.2. The zero-order valence-electron chi connectivity index (χ0n) is 11.0. The summed E-state index contributed by atoms with van der Waals surface area (Å²) >= 11 is 0. The van der Waals surface area contributed by atoms with Gasteiger partial charge in [0.25, 0.3) is 0 Å². The second-order valence-electron chi connectivity index (χ2n) is 5.31. The zero-order valence-corrected chi connectivity index (χ0v) is 11.0. The van der Waals surface area contributed by atoms with Crippen molar-refractivity contribution in [2.45, 2.75) is 31.8 Å². The molecule has 3 atom stereocenters. The van der Waals surface area contributed by atoms with Crippen molar-refractivity contribution < 1.29 is 9.59 Å². The topological polar surface area (TPSA) is 49.4 Å². The van der Waals surface area contributed by atoms with E-state index in [1.54, 1.807) is 0 Å². The van der Waals surface area contributed by atoms with Crippen molar-refractivity contribution in [3.05, 3.63) is 35.9 Å². The Bertz CT molecular complexity index is 476. The number of nitrogens with one attached hydrogen (secondary N) is 1. The molecule has 0 radical (unpaired) electrons. The van der Waals surface area contributed by atoms with Gasteiger partial charge >= 0.3 is 0 Å². The van der Waals surface area contributed by atoms with Crippen LogP contribution in [-0.2, 0) is 9.59 Å². The van der Waals surface area contributed by atoms with Gasteiger partial charge in [-0.1, -0.05) is 30.3 Å². The van der Waals surface area contributed by atoms with Crippen LogP contribution in [0.3, 0.4) is 0 Å². The van der Waals surface area contributed by atoms with E-state index in [0.717, 1.165) is 24.9 Å². The highest BCUT2D eigenvalue weighted by Crippen LogP contribution is 2.33. The Morgan fingerprint density at radius 3 is 2.63 bits per heavy atom. The number of benzene rings is 1. The van der Waals surface area contributed by atoms with E-state index in [2.05, 4.69) is 5.32 Å². The van der Waals surface area contributed by atoms with Crippen molar-refractivity contribution >= 4 is 11.8 Å². The Hall–Kier alpha value is -1.68. The molecule has 0 spiro atoms. The van der Waals surface area contributed by atoms with Crippen LogP contribution in [0, 0.1) is 5.92 Å². The Labute approximate surface area is 112 Å². The summed E-state index contributed by atoms with van der Waals surface area (Å²) in [6.45, 7) is 2.75. The molecule has 100 valence electrons. The molecule has 2 heterocycles. The molecular weight excluding hydrogens is 240 g/mol. The van der Waals surface area contributed by atoms with Crippen LogP contribution in [0.4, 0.5) is 0 Å². The van der Waals surface area contributed by atoms with Gasteiger partial charge in [-0.3, -0.25) is 14.5 Å². The van der Waals surface area contributed by atoms with Gasteiger partial charge in [-0.15, -0.1) is 0 Å². The van der Waals surface area contributed by atoms with E-state index < -0.39 is 0 Å². The highest BCUT2D eigenvalue weighted by molar-refractivity contribution is 6.07. The van der Waals surface area contributed by atoms with Gasteiger partial charge in [0, 0.05) is 0 Å². The maximum absolute atomic E-state index is 12.4. The van der Waals surface area contributed by atoms with Crippen molar-refractivity contribution in [1.82, 2.24) is 10.2 Å². The van der Waals surface area contributed by atoms with Gasteiger partial charge in [0.05, 0.1) is 18.0 Å². The minimum absolute atomic E-state index is 0.0152. The average Bonchev–Trinajstić information content (AvgIpc) is 2.72. The first kappa shape index (κ1) is 12.4. The number of imide groups is 1. The van der Waals surface area contributed by atoms with Crippen molar-refractivity contribution in [1.29, 1.82) is 0 Å². The number of hydrogen-bond acceptors (Lipinski definition) is 3. The van der Waals surface area contributed by atoms with Gasteiger partial charge in [-0.2, -0.15) is 0 Å². The van der Waals surface area contributed by atoms with Crippen molar-refractivity contribution in [3.8, 4) is 0 Å². The van der Waals surface area contributed by atoms with Gasteiger partial charge < -0.3 is 5.32 Å². The van der Waals surface area contributed by atoms with E-state index in [1.165, 1.54) is 4.90 Å². The molecule has 2 aliphatic rings. The van der Waals surface area contributed by atoms with Crippen LogP contribution in [0.1, 0.15) is 31.4 Å². The molecule has 2 saturated heterocycles. The quantitative estimate of drug-likeness (QED) is 0.818. The molecule has 1 aromatic rings. The summed E-state index contributed by atoms with van der Waals surface area (Å²) in [5.41, 5.74) is 1.00. The second kappa shape index (κ2) is 4.78. The van der Waals surface area contributed by atoms with Crippen LogP contribution in [0.25, 0.3) is 0 Å². The number of carbonyl (C=O) groups is 2. The second-order valence-corrected chi connectivity index (χ2v) is 5.31. The number of piperidine rings is 1. The number of rotatable bonds is 2. The predicted octanol–water partition coefficient (Wildman–Crippen LogP) is 1.48. The standard InChI is InChI=1S/C15H18N2O2/c1-10(11-6-3-2-4-7-11)17-14(18)12-8-5-9-16-13(12)15(17)19/h2-4,6-7,10,12-13,16H,5,8-9H2,1H3. The van der Waals surface area contributed by atoms with Crippen LogP contribution >= 0.6 is 0 Å². The van der Waals surface area contributed by atoms with Gasteiger partial charge in [0.2, 0.25) is 11.8 Å². The minimum Gasteiger partial charge on any atom is -0.305 e. The number of hydrogen-bond donors (Lipinski definition) is 1. The molecule has 1 aromatic carbocycles. The molecule has 4 heteroatoms. The fourth-order valence-corrected chi connectivity index (χ4v) is 3.11. The first-order valence-corrected chi connectivity index (χ1v) is 6.85. The minimum atomic E-state index is -0.299. The third-order valence-electron chi connectivity index (χ3n) is 4.19. The van der Waals surface area contributed by atoms with Crippen molar-refractivity contribution in [2.24, 2.45) is 5.92 Å². The smallest absolute Gasteiger partial charge is 0.247 e. The molecule has 2 aliphatic heterocycles. The molecule has 4 nitrogen and oxygen atoms in total. The summed E-state index contributed by atoms with van der Waals surface area (Å²) in [7, 11) is 0. The maximum Gasteiger partial charge on any atom is 0.247 e. The lowest BCUT2D eigenvalue weighted by atomic mass is 9.93. The predicted molar refractivity (Wildman–Crippen MR) is 71.2 cm³/mol. The number of amides is 2. The molecule has 1 N–H and O–H groups in total. The van der Waals surface area contributed by atoms with Gasteiger partial charge in [0.15, 0.2) is 0 Å². The van der Waals surface area contributed by atoms with Crippen molar-refractivity contribution in [3.63, 3.8) is 0 Å². The first-order valence-electron chi connectivity index (χ1n) is 6.85. The Balaban J connectivity index is 1.88. The van der Waals surface area contributed by atoms with Gasteiger partial charge in [-0.25, -0.2) is 0 Å². The largest absolute Gasteiger partial charge is 0.305 e. The average molecular weight is 258 g/mol. The van der Waals surface area contributed by atoms with Crippen LogP contribution in [0.5, 0.6) is 0 Å². The third-order valence-corrected chi connectivity index (χ3v) is 4.19. The SMILES string of the molecule is CC(c1ccccc1)N1C(=O)C2CCCNC2C1=O. The van der Waals surface area contributed by atoms with E-state index >= 15 is 0 Å². The monoisotopic (exact) mass is 258 g/mol. The molecule has 3 rings (SSSR count).